The number of nitrogen functional groups attached to an aromatic ring is 1. The van der Waals surface area contributed by atoms with Crippen molar-refractivity contribution in [2.45, 2.75) is 51.2 Å². The summed E-state index contributed by atoms with van der Waals surface area (Å²) in [4.78, 5) is 37.5. The van der Waals surface area contributed by atoms with Crippen LogP contribution < -0.4 is 21.3 Å². The molecule has 35 heavy (non-hydrogen) atoms. The van der Waals surface area contributed by atoms with Crippen LogP contribution in [0.1, 0.15) is 33.3 Å². The van der Waals surface area contributed by atoms with Crippen LogP contribution in [0.4, 0.5) is 17.7 Å². The van der Waals surface area contributed by atoms with E-state index in [2.05, 4.69) is 33.6 Å². The molecule has 12 heteroatoms. The molecule has 1 amide bonds. The Morgan fingerprint density at radius 2 is 1.89 bits per heavy atom. The first-order valence-corrected chi connectivity index (χ1v) is 11.8. The Morgan fingerprint density at radius 3 is 2.51 bits per heavy atom. The lowest BCUT2D eigenvalue weighted by Crippen LogP contribution is -2.72. The summed E-state index contributed by atoms with van der Waals surface area (Å²) in [7, 11) is 0. The highest BCUT2D eigenvalue weighted by Crippen LogP contribution is 2.42. The first kappa shape index (κ1) is 25.3. The maximum Gasteiger partial charge on any atom is 0.242 e. The second-order valence-electron chi connectivity index (χ2n) is 10.4. The van der Waals surface area contributed by atoms with E-state index in [1.807, 2.05) is 4.90 Å². The number of morpholine rings is 1. The Balaban J connectivity index is 0.00000289. The molecule has 2 fully saturated rings. The van der Waals surface area contributed by atoms with Gasteiger partial charge in [0.1, 0.15) is 5.82 Å². The van der Waals surface area contributed by atoms with Crippen LogP contribution in [0.5, 0.6) is 0 Å². The van der Waals surface area contributed by atoms with Crippen LogP contribution in [0.3, 0.4) is 0 Å². The molecule has 2 saturated heterocycles. The molecule has 1 atom stereocenters. The number of nitrogens with two attached hydrogens (primary N) is 2. The van der Waals surface area contributed by atoms with E-state index in [-0.39, 0.29) is 35.8 Å². The number of carbonyl (C=O) groups excluding carboxylic acids is 1. The average Bonchev–Trinajstić information content (AvgIpc) is 3.20. The van der Waals surface area contributed by atoms with Gasteiger partial charge in [-0.3, -0.25) is 4.79 Å². The Kier molecular flexibility index (Phi) is 6.54. The molecule has 5 heterocycles. The van der Waals surface area contributed by atoms with Crippen LogP contribution in [0.2, 0.25) is 0 Å². The van der Waals surface area contributed by atoms with Gasteiger partial charge >= 0.3 is 0 Å². The summed E-state index contributed by atoms with van der Waals surface area (Å²) in [6.07, 6.45) is 4.24. The SMILES string of the molecule is C[C@H]1COCCN1c1nc(-c2cnc(N)nc2)c2c(n1)N(C1(C)CN(C(=O)C(C)(C)N)C1)CC2.Cl. The van der Waals surface area contributed by atoms with Crippen molar-refractivity contribution < 1.29 is 9.53 Å². The van der Waals surface area contributed by atoms with Crippen molar-refractivity contribution in [1.82, 2.24) is 24.8 Å². The lowest BCUT2D eigenvalue weighted by Gasteiger charge is -2.54. The molecular weight excluding hydrogens is 470 g/mol. The summed E-state index contributed by atoms with van der Waals surface area (Å²) in [6, 6.07) is 0.163. The molecule has 0 saturated carbocycles. The molecule has 0 aliphatic carbocycles. The molecule has 0 bridgehead atoms. The quantitative estimate of drug-likeness (QED) is 0.617. The molecule has 2 aromatic heterocycles. The maximum absolute atomic E-state index is 12.7. The van der Waals surface area contributed by atoms with Gasteiger partial charge in [-0.2, -0.15) is 4.98 Å². The molecule has 11 nitrogen and oxygen atoms in total. The number of anilines is 3. The lowest BCUT2D eigenvalue weighted by atomic mass is 9.88. The van der Waals surface area contributed by atoms with Gasteiger partial charge in [0, 0.05) is 49.7 Å². The molecule has 0 aromatic carbocycles. The maximum atomic E-state index is 12.7. The molecule has 5 rings (SSSR count). The highest BCUT2D eigenvalue weighted by molar-refractivity contribution is 5.86. The highest BCUT2D eigenvalue weighted by Gasteiger charge is 2.50. The number of fused-ring (bicyclic) bond motifs is 1. The molecular formula is C23H34ClN9O2. The zero-order chi connectivity index (χ0) is 24.3. The average molecular weight is 504 g/mol. The second-order valence-corrected chi connectivity index (χ2v) is 10.4. The molecule has 3 aliphatic rings. The third-order valence-electron chi connectivity index (χ3n) is 6.94. The van der Waals surface area contributed by atoms with Gasteiger partial charge in [-0.25, -0.2) is 15.0 Å². The topological polar surface area (TPSA) is 140 Å². The first-order valence-electron chi connectivity index (χ1n) is 11.8. The van der Waals surface area contributed by atoms with E-state index >= 15 is 0 Å². The summed E-state index contributed by atoms with van der Waals surface area (Å²) < 4.78 is 5.63. The molecule has 0 unspecified atom stereocenters. The van der Waals surface area contributed by atoms with Crippen LogP contribution in [0.15, 0.2) is 12.4 Å². The van der Waals surface area contributed by atoms with Crippen LogP contribution in [-0.2, 0) is 16.0 Å². The third-order valence-corrected chi connectivity index (χ3v) is 6.94. The number of nitrogens with zero attached hydrogens (tertiary/aromatic N) is 7. The van der Waals surface area contributed by atoms with E-state index in [1.54, 1.807) is 26.2 Å². The minimum atomic E-state index is -0.881. The van der Waals surface area contributed by atoms with Crippen molar-refractivity contribution in [2.24, 2.45) is 5.73 Å². The zero-order valence-electron chi connectivity index (χ0n) is 20.7. The summed E-state index contributed by atoms with van der Waals surface area (Å²) in [5, 5.41) is 0. The normalized spacial score (nSPS) is 21.3. The van der Waals surface area contributed by atoms with E-state index in [9.17, 15) is 4.79 Å². The smallest absolute Gasteiger partial charge is 0.242 e. The van der Waals surface area contributed by atoms with Crippen molar-refractivity contribution in [1.29, 1.82) is 0 Å². The van der Waals surface area contributed by atoms with Gasteiger partial charge in [0.25, 0.3) is 0 Å². The van der Waals surface area contributed by atoms with Gasteiger partial charge in [-0.1, -0.05) is 0 Å². The standard InChI is InChI=1S/C23H33N9O2.ClH/c1-14-11-34-8-7-31(14)21-28-17(15-9-26-20(24)27-10-15)16-5-6-32(18(16)29-21)23(4)12-30(13-23)19(33)22(2,3)25;/h9-10,14H,5-8,11-13,25H2,1-4H3,(H2,24,26,27);1H/t14-;/m0./s1. The summed E-state index contributed by atoms with van der Waals surface area (Å²) in [5.74, 6) is 1.78. The number of aromatic nitrogens is 4. The van der Waals surface area contributed by atoms with Gasteiger partial charge in [0.2, 0.25) is 17.8 Å². The van der Waals surface area contributed by atoms with Gasteiger partial charge in [0.15, 0.2) is 0 Å². The monoisotopic (exact) mass is 503 g/mol. The van der Waals surface area contributed by atoms with Gasteiger partial charge < -0.3 is 30.9 Å². The van der Waals surface area contributed by atoms with Crippen LogP contribution in [0, 0.1) is 0 Å². The van der Waals surface area contributed by atoms with Gasteiger partial charge in [-0.05, 0) is 34.1 Å². The van der Waals surface area contributed by atoms with E-state index in [4.69, 9.17) is 26.2 Å². The Hall–Kier alpha value is -2.76. The highest BCUT2D eigenvalue weighted by atomic mass is 35.5. The zero-order valence-corrected chi connectivity index (χ0v) is 21.5. The van der Waals surface area contributed by atoms with Crippen molar-refractivity contribution in [3.8, 4) is 11.3 Å². The Bertz CT molecular complexity index is 1100. The van der Waals surface area contributed by atoms with Crippen molar-refractivity contribution in [3.63, 3.8) is 0 Å². The number of amides is 1. The Morgan fingerprint density at radius 1 is 1.20 bits per heavy atom. The van der Waals surface area contributed by atoms with E-state index < -0.39 is 5.54 Å². The van der Waals surface area contributed by atoms with Crippen LogP contribution >= 0.6 is 12.4 Å². The summed E-state index contributed by atoms with van der Waals surface area (Å²) >= 11 is 0. The first-order chi connectivity index (χ1) is 16.1. The molecule has 0 radical (unpaired) electrons. The van der Waals surface area contributed by atoms with Crippen LogP contribution in [-0.4, -0.2) is 87.3 Å². The number of hydrogen-bond acceptors (Lipinski definition) is 10. The molecule has 2 aromatic rings. The van der Waals surface area contributed by atoms with E-state index in [0.29, 0.717) is 32.3 Å². The van der Waals surface area contributed by atoms with Crippen LogP contribution in [0.25, 0.3) is 11.3 Å². The predicted octanol–water partition coefficient (Wildman–Crippen LogP) is 0.863. The molecule has 4 N–H and O–H groups in total. The molecule has 190 valence electrons. The second kappa shape index (κ2) is 9.03. The van der Waals surface area contributed by atoms with Crippen molar-refractivity contribution in [3.05, 3.63) is 18.0 Å². The van der Waals surface area contributed by atoms with Gasteiger partial charge in [-0.15, -0.1) is 12.4 Å². The number of likely N-dealkylation sites (tertiary alicyclic amines) is 1. The molecule has 3 aliphatic heterocycles. The minimum Gasteiger partial charge on any atom is -0.377 e. The summed E-state index contributed by atoms with van der Waals surface area (Å²) in [6.45, 7) is 11.8. The fourth-order valence-electron chi connectivity index (χ4n) is 5.12. The minimum absolute atomic E-state index is 0. The largest absolute Gasteiger partial charge is 0.377 e. The van der Waals surface area contributed by atoms with Crippen molar-refractivity contribution >= 4 is 36.0 Å². The van der Waals surface area contributed by atoms with Crippen molar-refractivity contribution in [2.75, 3.05) is 54.9 Å². The Labute approximate surface area is 211 Å². The number of halogens is 1. The third kappa shape index (κ3) is 4.48. The number of rotatable bonds is 4. The van der Waals surface area contributed by atoms with E-state index in [1.165, 1.54) is 0 Å². The number of carbonyl (C=O) groups is 1. The fourth-order valence-corrected chi connectivity index (χ4v) is 5.12. The van der Waals surface area contributed by atoms with E-state index in [0.717, 1.165) is 42.1 Å². The molecule has 0 spiro atoms. The predicted molar refractivity (Wildman–Crippen MR) is 137 cm³/mol. The number of hydrogen-bond donors (Lipinski definition) is 2. The summed E-state index contributed by atoms with van der Waals surface area (Å²) in [5.41, 5.74) is 13.4. The lowest BCUT2D eigenvalue weighted by molar-refractivity contribution is -0.143. The van der Waals surface area contributed by atoms with Gasteiger partial charge in [0.05, 0.1) is 36.0 Å². The fraction of sp³-hybridized carbons (Fsp3) is 0.609. The number of ether oxygens (including phenoxy) is 1.